The van der Waals surface area contributed by atoms with Crippen molar-refractivity contribution in [3.05, 3.63) is 40.9 Å². The summed E-state index contributed by atoms with van der Waals surface area (Å²) < 4.78 is 51.2. The first kappa shape index (κ1) is 18.4. The Bertz CT molecular complexity index is 1110. The van der Waals surface area contributed by atoms with Gasteiger partial charge >= 0.3 is 16.0 Å². The predicted molar refractivity (Wildman–Crippen MR) is 90.5 cm³/mol. The Hall–Kier alpha value is -2.40. The van der Waals surface area contributed by atoms with E-state index in [0.717, 1.165) is 0 Å². The third-order valence-corrected chi connectivity index (χ3v) is 4.43. The fraction of sp³-hybridized carbons (Fsp3) is 0.312. The van der Waals surface area contributed by atoms with Gasteiger partial charge in [-0.05, 0) is 32.0 Å². The highest BCUT2D eigenvalue weighted by Crippen LogP contribution is 2.35. The minimum atomic E-state index is -4.77. The molecule has 0 fully saturated rings. The lowest BCUT2D eigenvalue weighted by molar-refractivity contribution is -0.0505. The van der Waals surface area contributed by atoms with Gasteiger partial charge in [0.2, 0.25) is 5.75 Å². The molecule has 0 amide bonds. The van der Waals surface area contributed by atoms with Crippen molar-refractivity contribution in [3.8, 4) is 5.75 Å². The van der Waals surface area contributed by atoms with Crippen LogP contribution < -0.4 is 10.4 Å². The summed E-state index contributed by atoms with van der Waals surface area (Å²) in [4.78, 5) is 11.5. The van der Waals surface area contributed by atoms with E-state index in [0.29, 0.717) is 16.4 Å². The first-order chi connectivity index (χ1) is 12.1. The molecular weight excluding hydrogens is 368 g/mol. The molecule has 0 aliphatic heterocycles. The highest BCUT2D eigenvalue weighted by Gasteiger charge is 2.34. The van der Waals surface area contributed by atoms with Gasteiger partial charge in [-0.15, -0.1) is 0 Å². The van der Waals surface area contributed by atoms with Crippen molar-refractivity contribution in [2.45, 2.75) is 25.6 Å². The lowest BCUT2D eigenvalue weighted by atomic mass is 10.0. The van der Waals surface area contributed by atoms with Crippen LogP contribution in [0.5, 0.6) is 5.75 Å². The Balaban J connectivity index is 1.96. The van der Waals surface area contributed by atoms with Gasteiger partial charge in [-0.25, -0.2) is 8.98 Å². The third kappa shape index (κ3) is 3.73. The Morgan fingerprint density at radius 1 is 1.19 bits per heavy atom. The lowest BCUT2D eigenvalue weighted by Gasteiger charge is -2.28. The molecular formula is C16H16O9S. The summed E-state index contributed by atoms with van der Waals surface area (Å²) in [6.07, 6.45) is -0.0174. The zero-order chi connectivity index (χ0) is 19.1. The Kier molecular flexibility index (Phi) is 4.53. The average Bonchev–Trinajstić information content (AvgIpc) is 2.97. The van der Waals surface area contributed by atoms with E-state index in [9.17, 15) is 18.3 Å². The minimum absolute atomic E-state index is 0.0851. The van der Waals surface area contributed by atoms with Crippen molar-refractivity contribution in [3.63, 3.8) is 0 Å². The van der Waals surface area contributed by atoms with Gasteiger partial charge in [0.25, 0.3) is 0 Å². The van der Waals surface area contributed by atoms with Crippen LogP contribution in [0, 0.1) is 0 Å². The Labute approximate surface area is 147 Å². The first-order valence-corrected chi connectivity index (χ1v) is 8.86. The molecule has 0 aliphatic carbocycles. The number of benzene rings is 1. The van der Waals surface area contributed by atoms with Crippen LogP contribution in [0.15, 0.2) is 44.2 Å². The van der Waals surface area contributed by atoms with E-state index in [-0.39, 0.29) is 11.3 Å². The van der Waals surface area contributed by atoms with Crippen molar-refractivity contribution in [2.24, 2.45) is 0 Å². The molecule has 10 heteroatoms. The van der Waals surface area contributed by atoms with Crippen LogP contribution in [0.25, 0.3) is 21.9 Å². The number of aliphatic hydroxyl groups is 1. The number of aliphatic hydroxyl groups excluding tert-OH is 1. The Morgan fingerprint density at radius 3 is 2.58 bits per heavy atom. The quantitative estimate of drug-likeness (QED) is 0.482. The van der Waals surface area contributed by atoms with Crippen molar-refractivity contribution < 1.29 is 35.8 Å². The fourth-order valence-corrected chi connectivity index (χ4v) is 3.08. The molecule has 1 atom stereocenters. The van der Waals surface area contributed by atoms with Gasteiger partial charge in [0, 0.05) is 16.8 Å². The fourth-order valence-electron chi connectivity index (χ4n) is 2.43. The topological polar surface area (TPSA) is 136 Å². The van der Waals surface area contributed by atoms with E-state index >= 15 is 0 Å². The summed E-state index contributed by atoms with van der Waals surface area (Å²) in [5, 5.41) is 11.5. The smallest absolute Gasteiger partial charge is 0.397 e. The molecule has 0 radical (unpaired) electrons. The number of rotatable bonds is 6. The summed E-state index contributed by atoms with van der Waals surface area (Å²) in [6, 6.07) is 6.25. The zero-order valence-corrected chi connectivity index (χ0v) is 14.6. The molecule has 0 aliphatic rings. The van der Waals surface area contributed by atoms with E-state index in [1.54, 1.807) is 18.2 Å². The highest BCUT2D eigenvalue weighted by atomic mass is 32.3. The first-order valence-electron chi connectivity index (χ1n) is 7.50. The minimum Gasteiger partial charge on any atom is -0.483 e. The molecule has 2 N–H and O–H groups in total. The second-order valence-electron chi connectivity index (χ2n) is 6.16. The molecule has 3 rings (SSSR count). The maximum atomic E-state index is 11.5. The molecule has 2 heterocycles. The van der Waals surface area contributed by atoms with Crippen LogP contribution in [0.4, 0.5) is 0 Å². The van der Waals surface area contributed by atoms with Crippen molar-refractivity contribution in [1.29, 1.82) is 0 Å². The van der Waals surface area contributed by atoms with Gasteiger partial charge in [0.05, 0.1) is 6.26 Å². The molecule has 1 aromatic carbocycles. The summed E-state index contributed by atoms with van der Waals surface area (Å²) in [5.41, 5.74) is -1.83. The van der Waals surface area contributed by atoms with E-state index in [1.807, 2.05) is 0 Å². The summed E-state index contributed by atoms with van der Waals surface area (Å²) in [5.74, 6) is 0.0851. The predicted octanol–water partition coefficient (Wildman–Crippen LogP) is 1.88. The number of hydrogen-bond donors (Lipinski definition) is 2. The summed E-state index contributed by atoms with van der Waals surface area (Å²) >= 11 is 0. The van der Waals surface area contributed by atoms with E-state index < -0.39 is 34.3 Å². The molecule has 140 valence electrons. The molecule has 1 unspecified atom stereocenters. The molecule has 0 spiro atoms. The molecule has 0 bridgehead atoms. The van der Waals surface area contributed by atoms with E-state index in [2.05, 4.69) is 4.18 Å². The van der Waals surface area contributed by atoms with Crippen LogP contribution >= 0.6 is 0 Å². The van der Waals surface area contributed by atoms with Crippen molar-refractivity contribution >= 4 is 32.3 Å². The largest absolute Gasteiger partial charge is 0.483 e. The number of fused-ring (bicyclic) bond motifs is 2. The number of ether oxygens (including phenoxy) is 1. The molecule has 0 saturated carbocycles. The van der Waals surface area contributed by atoms with Crippen LogP contribution in [-0.2, 0) is 14.6 Å². The van der Waals surface area contributed by atoms with Crippen molar-refractivity contribution in [2.75, 3.05) is 6.61 Å². The SMILES string of the molecule is CC(C)(OS(=O)(=O)O)C(O)COc1c2occc2cc2ccc(=O)oc12. The van der Waals surface area contributed by atoms with Crippen LogP contribution in [0.3, 0.4) is 0 Å². The van der Waals surface area contributed by atoms with Crippen LogP contribution in [-0.4, -0.2) is 36.4 Å². The molecule has 2 aromatic heterocycles. The van der Waals surface area contributed by atoms with Crippen molar-refractivity contribution in [1.82, 2.24) is 0 Å². The molecule has 26 heavy (non-hydrogen) atoms. The third-order valence-electron chi connectivity index (χ3n) is 3.79. The van der Waals surface area contributed by atoms with Crippen LogP contribution in [0.2, 0.25) is 0 Å². The average molecular weight is 384 g/mol. The normalized spacial score (nSPS) is 14.0. The standard InChI is InChI=1S/C16H16O9S/c1-16(2,25-26(19,20)21)11(17)8-23-15-13-10(5-6-22-13)7-9-3-4-12(18)24-14(9)15/h3-7,11,17H,8H2,1-2H3,(H,19,20,21). The van der Waals surface area contributed by atoms with E-state index in [1.165, 1.54) is 26.2 Å². The maximum absolute atomic E-state index is 11.5. The highest BCUT2D eigenvalue weighted by molar-refractivity contribution is 7.80. The van der Waals surface area contributed by atoms with Crippen LogP contribution in [0.1, 0.15) is 13.8 Å². The molecule has 3 aromatic rings. The second-order valence-corrected chi connectivity index (χ2v) is 7.18. The van der Waals surface area contributed by atoms with Gasteiger partial charge in [-0.3, -0.25) is 4.55 Å². The molecule has 0 saturated heterocycles. The maximum Gasteiger partial charge on any atom is 0.397 e. The van der Waals surface area contributed by atoms with Gasteiger partial charge < -0.3 is 18.7 Å². The summed E-state index contributed by atoms with van der Waals surface area (Å²) in [7, 11) is -4.77. The van der Waals surface area contributed by atoms with E-state index in [4.69, 9.17) is 18.1 Å². The monoisotopic (exact) mass is 384 g/mol. The van der Waals surface area contributed by atoms with Gasteiger partial charge in [-0.1, -0.05) is 0 Å². The second kappa shape index (κ2) is 6.40. The molecule has 9 nitrogen and oxygen atoms in total. The lowest BCUT2D eigenvalue weighted by Crippen LogP contribution is -2.44. The van der Waals surface area contributed by atoms with Gasteiger partial charge in [-0.2, -0.15) is 8.42 Å². The number of furan rings is 1. The summed E-state index contributed by atoms with van der Waals surface area (Å²) in [6.45, 7) is 2.11. The Morgan fingerprint density at radius 2 is 1.88 bits per heavy atom. The number of hydrogen-bond acceptors (Lipinski definition) is 8. The zero-order valence-electron chi connectivity index (χ0n) is 13.8. The van der Waals surface area contributed by atoms with Gasteiger partial charge in [0.15, 0.2) is 11.2 Å². The van der Waals surface area contributed by atoms with Gasteiger partial charge in [0.1, 0.15) is 18.3 Å².